The number of aromatic nitrogens is 1. The Morgan fingerprint density at radius 2 is 2.32 bits per heavy atom. The summed E-state index contributed by atoms with van der Waals surface area (Å²) in [5, 5.41) is 8.79. The molecule has 1 amide bonds. The lowest BCUT2D eigenvalue weighted by Gasteiger charge is -2.32. The Balaban J connectivity index is 2.04. The van der Waals surface area contributed by atoms with Crippen LogP contribution in [0.2, 0.25) is 0 Å². The molecule has 0 bridgehead atoms. The third-order valence-electron chi connectivity index (χ3n) is 3.86. The Bertz CT molecular complexity index is 533. The van der Waals surface area contributed by atoms with E-state index < -0.39 is 5.97 Å². The fraction of sp³-hybridized carbons (Fsp3) is 0.562. The number of hydrogen-bond donors (Lipinski definition) is 1. The van der Waals surface area contributed by atoms with Crippen molar-refractivity contribution in [1.82, 2.24) is 9.88 Å². The standard InChI is InChI=1S/C16H22N2O4/c1-2-22-15-13(6-3-9-17-15)16(21)18-10-4-5-12(11-18)7-8-14(19)20/h3,6,9,12H,2,4-5,7-8,10-11H2,1H3,(H,19,20). The average Bonchev–Trinajstić information content (AvgIpc) is 2.53. The number of carbonyl (C=O) groups excluding carboxylic acids is 1. The summed E-state index contributed by atoms with van der Waals surface area (Å²) in [4.78, 5) is 29.3. The lowest BCUT2D eigenvalue weighted by Crippen LogP contribution is -2.40. The minimum atomic E-state index is -0.783. The van der Waals surface area contributed by atoms with E-state index in [9.17, 15) is 9.59 Å². The highest BCUT2D eigenvalue weighted by Crippen LogP contribution is 2.24. The highest BCUT2D eigenvalue weighted by Gasteiger charge is 2.26. The summed E-state index contributed by atoms with van der Waals surface area (Å²) in [5.41, 5.74) is 0.475. The zero-order valence-electron chi connectivity index (χ0n) is 12.8. The third-order valence-corrected chi connectivity index (χ3v) is 3.86. The number of carboxylic acids is 1. The molecule has 1 aliphatic heterocycles. The lowest BCUT2D eigenvalue weighted by atomic mass is 9.93. The Morgan fingerprint density at radius 1 is 1.50 bits per heavy atom. The molecule has 1 N–H and O–H groups in total. The number of nitrogens with zero attached hydrogens (tertiary/aromatic N) is 2. The van der Waals surface area contributed by atoms with Crippen LogP contribution in [0.1, 0.15) is 43.0 Å². The minimum Gasteiger partial charge on any atom is -0.481 e. The van der Waals surface area contributed by atoms with Crippen LogP contribution in [0, 0.1) is 5.92 Å². The Labute approximate surface area is 130 Å². The van der Waals surface area contributed by atoms with Gasteiger partial charge in [-0.3, -0.25) is 9.59 Å². The first-order valence-electron chi connectivity index (χ1n) is 7.70. The number of carboxylic acid groups (broad SMARTS) is 1. The van der Waals surface area contributed by atoms with E-state index in [1.165, 1.54) is 0 Å². The maximum Gasteiger partial charge on any atom is 0.303 e. The second-order valence-electron chi connectivity index (χ2n) is 5.48. The van der Waals surface area contributed by atoms with Crippen LogP contribution < -0.4 is 4.74 Å². The number of rotatable bonds is 6. The van der Waals surface area contributed by atoms with Gasteiger partial charge in [0.2, 0.25) is 5.88 Å². The van der Waals surface area contributed by atoms with Crippen molar-refractivity contribution in [3.05, 3.63) is 23.9 Å². The van der Waals surface area contributed by atoms with Gasteiger partial charge >= 0.3 is 5.97 Å². The Morgan fingerprint density at radius 3 is 3.05 bits per heavy atom. The quantitative estimate of drug-likeness (QED) is 0.871. The van der Waals surface area contributed by atoms with E-state index in [1.54, 1.807) is 23.2 Å². The van der Waals surface area contributed by atoms with Gasteiger partial charge in [0, 0.05) is 25.7 Å². The summed E-state index contributed by atoms with van der Waals surface area (Å²) < 4.78 is 5.42. The van der Waals surface area contributed by atoms with Gasteiger partial charge in [-0.15, -0.1) is 0 Å². The molecule has 6 nitrogen and oxygen atoms in total. The summed E-state index contributed by atoms with van der Waals surface area (Å²) in [6, 6.07) is 3.45. The first-order chi connectivity index (χ1) is 10.6. The van der Waals surface area contributed by atoms with E-state index in [0.717, 1.165) is 12.8 Å². The number of amides is 1. The molecular formula is C16H22N2O4. The topological polar surface area (TPSA) is 79.7 Å². The molecule has 2 rings (SSSR count). The smallest absolute Gasteiger partial charge is 0.303 e. The van der Waals surface area contributed by atoms with E-state index in [0.29, 0.717) is 37.6 Å². The monoisotopic (exact) mass is 306 g/mol. The van der Waals surface area contributed by atoms with Gasteiger partial charge in [0.1, 0.15) is 5.56 Å². The molecule has 22 heavy (non-hydrogen) atoms. The van der Waals surface area contributed by atoms with Crippen LogP contribution >= 0.6 is 0 Å². The molecule has 1 saturated heterocycles. The van der Waals surface area contributed by atoms with Crippen molar-refractivity contribution < 1.29 is 19.4 Å². The molecule has 120 valence electrons. The molecule has 0 saturated carbocycles. The van der Waals surface area contributed by atoms with Crippen molar-refractivity contribution in [3.63, 3.8) is 0 Å². The number of piperidine rings is 1. The van der Waals surface area contributed by atoms with Crippen molar-refractivity contribution in [2.45, 2.75) is 32.6 Å². The molecule has 2 heterocycles. The van der Waals surface area contributed by atoms with Crippen molar-refractivity contribution in [2.24, 2.45) is 5.92 Å². The highest BCUT2D eigenvalue weighted by molar-refractivity contribution is 5.96. The fourth-order valence-corrected chi connectivity index (χ4v) is 2.79. The molecule has 0 spiro atoms. The summed E-state index contributed by atoms with van der Waals surface area (Å²) in [6.45, 7) is 3.61. The van der Waals surface area contributed by atoms with E-state index in [1.807, 2.05) is 6.92 Å². The van der Waals surface area contributed by atoms with Gasteiger partial charge in [0.15, 0.2) is 0 Å². The molecule has 1 unspecified atom stereocenters. The fourth-order valence-electron chi connectivity index (χ4n) is 2.79. The zero-order chi connectivity index (χ0) is 15.9. The lowest BCUT2D eigenvalue weighted by molar-refractivity contribution is -0.137. The second kappa shape index (κ2) is 7.77. The second-order valence-corrected chi connectivity index (χ2v) is 5.48. The van der Waals surface area contributed by atoms with E-state index >= 15 is 0 Å². The minimum absolute atomic E-state index is 0.0865. The number of pyridine rings is 1. The van der Waals surface area contributed by atoms with Gasteiger partial charge in [-0.25, -0.2) is 4.98 Å². The van der Waals surface area contributed by atoms with Crippen molar-refractivity contribution >= 4 is 11.9 Å². The van der Waals surface area contributed by atoms with Crippen molar-refractivity contribution in [1.29, 1.82) is 0 Å². The van der Waals surface area contributed by atoms with Crippen LogP contribution in [0.4, 0.5) is 0 Å². The Kier molecular flexibility index (Phi) is 5.75. The SMILES string of the molecule is CCOc1ncccc1C(=O)N1CCCC(CCC(=O)O)C1. The molecule has 1 aromatic rings. The van der Waals surface area contributed by atoms with Gasteiger partial charge in [0.05, 0.1) is 6.61 Å². The Hall–Kier alpha value is -2.11. The van der Waals surface area contributed by atoms with E-state index in [2.05, 4.69) is 4.98 Å². The largest absolute Gasteiger partial charge is 0.481 e. The molecular weight excluding hydrogens is 284 g/mol. The molecule has 0 aliphatic carbocycles. The van der Waals surface area contributed by atoms with Crippen molar-refractivity contribution in [3.8, 4) is 5.88 Å². The number of likely N-dealkylation sites (tertiary alicyclic amines) is 1. The normalized spacial score (nSPS) is 18.0. The maximum absolute atomic E-state index is 12.7. The first-order valence-corrected chi connectivity index (χ1v) is 7.70. The predicted molar refractivity (Wildman–Crippen MR) is 80.9 cm³/mol. The average molecular weight is 306 g/mol. The van der Waals surface area contributed by atoms with Crippen LogP contribution in [-0.4, -0.2) is 46.6 Å². The molecule has 6 heteroatoms. The van der Waals surface area contributed by atoms with Gasteiger partial charge in [-0.1, -0.05) is 0 Å². The number of carbonyl (C=O) groups is 2. The predicted octanol–water partition coefficient (Wildman–Crippen LogP) is 2.20. The van der Waals surface area contributed by atoms with Gasteiger partial charge in [-0.2, -0.15) is 0 Å². The van der Waals surface area contributed by atoms with E-state index in [4.69, 9.17) is 9.84 Å². The molecule has 1 aliphatic rings. The summed E-state index contributed by atoms with van der Waals surface area (Å²) in [6.07, 6.45) is 4.25. The summed E-state index contributed by atoms with van der Waals surface area (Å²) in [5.74, 6) is -0.255. The van der Waals surface area contributed by atoms with Gasteiger partial charge < -0.3 is 14.7 Å². The molecule has 1 aromatic heterocycles. The van der Waals surface area contributed by atoms with Crippen LogP contribution in [0.3, 0.4) is 0 Å². The van der Waals surface area contributed by atoms with Crippen LogP contribution in [0.25, 0.3) is 0 Å². The first kappa shape index (κ1) is 16.3. The van der Waals surface area contributed by atoms with Crippen LogP contribution in [0.5, 0.6) is 5.88 Å². The molecule has 1 fully saturated rings. The zero-order valence-corrected chi connectivity index (χ0v) is 12.8. The van der Waals surface area contributed by atoms with Crippen molar-refractivity contribution in [2.75, 3.05) is 19.7 Å². The number of aliphatic carboxylic acids is 1. The highest BCUT2D eigenvalue weighted by atomic mass is 16.5. The van der Waals surface area contributed by atoms with Gasteiger partial charge in [-0.05, 0) is 44.2 Å². The third kappa shape index (κ3) is 4.19. The van der Waals surface area contributed by atoms with E-state index in [-0.39, 0.29) is 18.2 Å². The number of ether oxygens (including phenoxy) is 1. The maximum atomic E-state index is 12.7. The summed E-state index contributed by atoms with van der Waals surface area (Å²) in [7, 11) is 0. The van der Waals surface area contributed by atoms with Gasteiger partial charge in [0.25, 0.3) is 5.91 Å². The van der Waals surface area contributed by atoms with Crippen LogP contribution in [-0.2, 0) is 4.79 Å². The molecule has 0 aromatic carbocycles. The molecule has 0 radical (unpaired) electrons. The summed E-state index contributed by atoms with van der Waals surface area (Å²) >= 11 is 0. The molecule has 1 atom stereocenters. The number of hydrogen-bond acceptors (Lipinski definition) is 4. The van der Waals surface area contributed by atoms with Crippen LogP contribution in [0.15, 0.2) is 18.3 Å².